The van der Waals surface area contributed by atoms with Crippen LogP contribution in [0, 0.1) is 23.2 Å². The first kappa shape index (κ1) is 18.1. The zero-order valence-corrected chi connectivity index (χ0v) is 16.3. The Balaban J connectivity index is 1.49. The summed E-state index contributed by atoms with van der Waals surface area (Å²) >= 11 is 0. The van der Waals surface area contributed by atoms with Crippen LogP contribution in [0.2, 0.25) is 0 Å². The molecular formula is C21H28N2O4. The molecule has 0 atom stereocenters. The first-order valence-electron chi connectivity index (χ1n) is 9.71. The van der Waals surface area contributed by atoms with E-state index in [9.17, 15) is 4.79 Å². The Bertz CT molecular complexity index is 724. The van der Waals surface area contributed by atoms with Crippen molar-refractivity contribution < 1.29 is 19.0 Å². The minimum atomic E-state index is -0.201. The molecule has 146 valence electrons. The van der Waals surface area contributed by atoms with E-state index in [1.165, 1.54) is 19.3 Å². The third-order valence-corrected chi connectivity index (χ3v) is 6.62. The van der Waals surface area contributed by atoms with Crippen molar-refractivity contribution in [1.29, 1.82) is 0 Å². The highest BCUT2D eigenvalue weighted by Gasteiger charge is 2.54. The number of rotatable bonds is 6. The van der Waals surface area contributed by atoms with Gasteiger partial charge in [0.1, 0.15) is 0 Å². The van der Waals surface area contributed by atoms with Crippen molar-refractivity contribution in [2.45, 2.75) is 38.5 Å². The molecule has 0 aliphatic heterocycles. The highest BCUT2D eigenvalue weighted by Crippen LogP contribution is 2.60. The number of ether oxygens (including phenoxy) is 3. The quantitative estimate of drug-likeness (QED) is 0.614. The van der Waals surface area contributed by atoms with Gasteiger partial charge in [-0.25, -0.2) is 5.43 Å². The molecule has 4 saturated carbocycles. The van der Waals surface area contributed by atoms with Gasteiger partial charge in [0.2, 0.25) is 11.7 Å². The molecule has 4 bridgehead atoms. The Morgan fingerprint density at radius 1 is 1.00 bits per heavy atom. The number of amides is 1. The zero-order chi connectivity index (χ0) is 19.0. The fourth-order valence-corrected chi connectivity index (χ4v) is 5.89. The Morgan fingerprint density at radius 2 is 1.59 bits per heavy atom. The van der Waals surface area contributed by atoms with Crippen LogP contribution in [0.15, 0.2) is 17.2 Å². The normalized spacial score (nSPS) is 31.1. The molecular weight excluding hydrogens is 344 g/mol. The predicted octanol–water partition coefficient (Wildman–Crippen LogP) is 3.38. The van der Waals surface area contributed by atoms with Crippen LogP contribution in [0.4, 0.5) is 0 Å². The number of nitrogens with one attached hydrogen (secondary N) is 1. The van der Waals surface area contributed by atoms with Gasteiger partial charge in [-0.05, 0) is 68.4 Å². The second kappa shape index (κ2) is 7.06. The van der Waals surface area contributed by atoms with Crippen LogP contribution in [-0.4, -0.2) is 33.5 Å². The van der Waals surface area contributed by atoms with Crippen LogP contribution in [0.25, 0.3) is 0 Å². The maximum absolute atomic E-state index is 13.0. The lowest BCUT2D eigenvalue weighted by Gasteiger charge is -2.55. The van der Waals surface area contributed by atoms with Gasteiger partial charge in [0.15, 0.2) is 11.5 Å². The van der Waals surface area contributed by atoms with Crippen molar-refractivity contribution in [1.82, 2.24) is 5.43 Å². The molecule has 5 rings (SSSR count). The summed E-state index contributed by atoms with van der Waals surface area (Å²) in [7, 11) is 4.72. The summed E-state index contributed by atoms with van der Waals surface area (Å²) in [6.07, 6.45) is 8.65. The van der Waals surface area contributed by atoms with Crippen molar-refractivity contribution in [2.24, 2.45) is 28.3 Å². The third kappa shape index (κ3) is 3.15. The summed E-state index contributed by atoms with van der Waals surface area (Å²) in [4.78, 5) is 13.0. The first-order chi connectivity index (χ1) is 13.1. The number of benzene rings is 1. The molecule has 4 fully saturated rings. The molecule has 4 aliphatic carbocycles. The van der Waals surface area contributed by atoms with Gasteiger partial charge < -0.3 is 14.2 Å². The number of hydrazone groups is 1. The van der Waals surface area contributed by atoms with Gasteiger partial charge in [-0.1, -0.05) is 0 Å². The maximum Gasteiger partial charge on any atom is 0.246 e. The molecule has 1 amide bonds. The van der Waals surface area contributed by atoms with Gasteiger partial charge in [0.25, 0.3) is 0 Å². The summed E-state index contributed by atoms with van der Waals surface area (Å²) in [5.74, 6) is 3.91. The van der Waals surface area contributed by atoms with Crippen LogP contribution in [0.5, 0.6) is 17.2 Å². The van der Waals surface area contributed by atoms with Crippen LogP contribution < -0.4 is 19.6 Å². The second-order valence-electron chi connectivity index (χ2n) is 8.32. The molecule has 6 nitrogen and oxygen atoms in total. The molecule has 0 unspecified atom stereocenters. The predicted molar refractivity (Wildman–Crippen MR) is 102 cm³/mol. The number of hydrogen-bond donors (Lipinski definition) is 1. The Kier molecular flexibility index (Phi) is 4.74. The smallest absolute Gasteiger partial charge is 0.246 e. The van der Waals surface area contributed by atoms with Crippen molar-refractivity contribution in [3.05, 3.63) is 17.7 Å². The molecule has 1 aromatic rings. The molecule has 1 N–H and O–H groups in total. The van der Waals surface area contributed by atoms with E-state index in [0.717, 1.165) is 42.6 Å². The molecule has 0 radical (unpaired) electrons. The molecule has 0 aromatic heterocycles. The topological polar surface area (TPSA) is 69.2 Å². The number of methoxy groups -OCH3 is 3. The fourth-order valence-electron chi connectivity index (χ4n) is 5.89. The van der Waals surface area contributed by atoms with Crippen LogP contribution in [0.1, 0.15) is 44.1 Å². The number of carbonyl (C=O) groups is 1. The van der Waals surface area contributed by atoms with E-state index in [4.69, 9.17) is 14.2 Å². The second-order valence-corrected chi connectivity index (χ2v) is 8.32. The highest BCUT2D eigenvalue weighted by molar-refractivity contribution is 5.88. The van der Waals surface area contributed by atoms with Crippen molar-refractivity contribution >= 4 is 12.1 Å². The van der Waals surface area contributed by atoms with E-state index < -0.39 is 0 Å². The standard InChI is InChI=1S/C21H28N2O4/c1-25-17-5-4-16(18(26-2)19(17)27-3)12-22-23-20(24)21-9-13-6-14(10-21)8-15(7-13)11-21/h4-5,12-15H,6-11H2,1-3H3,(H,23,24)/b22-12-. The van der Waals surface area contributed by atoms with Gasteiger partial charge in [-0.15, -0.1) is 0 Å². The van der Waals surface area contributed by atoms with Crippen molar-refractivity contribution in [2.75, 3.05) is 21.3 Å². The molecule has 0 heterocycles. The van der Waals surface area contributed by atoms with Gasteiger partial charge in [-0.2, -0.15) is 5.10 Å². The molecule has 0 spiro atoms. The van der Waals surface area contributed by atoms with E-state index >= 15 is 0 Å². The third-order valence-electron chi connectivity index (χ3n) is 6.62. The minimum Gasteiger partial charge on any atom is -0.493 e. The monoisotopic (exact) mass is 372 g/mol. The van der Waals surface area contributed by atoms with Crippen molar-refractivity contribution in [3.63, 3.8) is 0 Å². The number of nitrogens with zero attached hydrogens (tertiary/aromatic N) is 1. The van der Waals surface area contributed by atoms with Gasteiger partial charge >= 0.3 is 0 Å². The van der Waals surface area contributed by atoms with E-state index in [1.54, 1.807) is 33.6 Å². The zero-order valence-electron chi connectivity index (χ0n) is 16.3. The lowest BCUT2D eigenvalue weighted by Crippen LogP contribution is -2.52. The molecule has 27 heavy (non-hydrogen) atoms. The highest BCUT2D eigenvalue weighted by atomic mass is 16.5. The molecule has 6 heteroatoms. The van der Waals surface area contributed by atoms with E-state index in [1.807, 2.05) is 6.07 Å². The lowest BCUT2D eigenvalue weighted by molar-refractivity contribution is -0.146. The summed E-state index contributed by atoms with van der Waals surface area (Å²) < 4.78 is 16.1. The molecule has 1 aromatic carbocycles. The van der Waals surface area contributed by atoms with E-state index in [0.29, 0.717) is 17.2 Å². The Morgan fingerprint density at radius 3 is 2.11 bits per heavy atom. The molecule has 0 saturated heterocycles. The number of carbonyl (C=O) groups excluding carboxylic acids is 1. The Hall–Kier alpha value is -2.24. The van der Waals surface area contributed by atoms with Gasteiger partial charge in [0.05, 0.1) is 33.0 Å². The van der Waals surface area contributed by atoms with Gasteiger partial charge in [0, 0.05) is 5.56 Å². The van der Waals surface area contributed by atoms with E-state index in [2.05, 4.69) is 10.5 Å². The van der Waals surface area contributed by atoms with Crippen LogP contribution in [0.3, 0.4) is 0 Å². The summed E-state index contributed by atoms with van der Waals surface area (Å²) in [6, 6.07) is 3.63. The number of hydrogen-bond acceptors (Lipinski definition) is 5. The first-order valence-corrected chi connectivity index (χ1v) is 9.71. The average molecular weight is 372 g/mol. The Labute approximate surface area is 160 Å². The van der Waals surface area contributed by atoms with Crippen LogP contribution >= 0.6 is 0 Å². The molecule has 4 aliphatic rings. The van der Waals surface area contributed by atoms with Crippen LogP contribution in [-0.2, 0) is 4.79 Å². The van der Waals surface area contributed by atoms with E-state index in [-0.39, 0.29) is 11.3 Å². The summed E-state index contributed by atoms with van der Waals surface area (Å²) in [5.41, 5.74) is 3.33. The largest absolute Gasteiger partial charge is 0.493 e. The average Bonchev–Trinajstić information content (AvgIpc) is 2.66. The fraction of sp³-hybridized carbons (Fsp3) is 0.619. The van der Waals surface area contributed by atoms with Gasteiger partial charge in [-0.3, -0.25) is 4.79 Å². The summed E-state index contributed by atoms with van der Waals surface area (Å²) in [5, 5.41) is 4.24. The van der Waals surface area contributed by atoms with Crippen molar-refractivity contribution in [3.8, 4) is 17.2 Å². The summed E-state index contributed by atoms with van der Waals surface area (Å²) in [6.45, 7) is 0. The minimum absolute atomic E-state index is 0.0808. The lowest BCUT2D eigenvalue weighted by atomic mass is 9.49. The SMILES string of the molecule is COc1ccc(/C=N\NC(=O)C23CC4CC(CC(C4)C2)C3)c(OC)c1OC. The maximum atomic E-state index is 13.0.